The van der Waals surface area contributed by atoms with E-state index in [4.69, 9.17) is 9.52 Å². The summed E-state index contributed by atoms with van der Waals surface area (Å²) in [5, 5.41) is 16.2. The van der Waals surface area contributed by atoms with Crippen LogP contribution in [0.5, 0.6) is 0 Å². The summed E-state index contributed by atoms with van der Waals surface area (Å²) in [6.45, 7) is 2.17. The van der Waals surface area contributed by atoms with Gasteiger partial charge in [-0.2, -0.15) is 5.10 Å². The van der Waals surface area contributed by atoms with E-state index in [9.17, 15) is 0 Å². The summed E-state index contributed by atoms with van der Waals surface area (Å²) in [6.07, 6.45) is 2.63. The van der Waals surface area contributed by atoms with Crippen LogP contribution >= 0.6 is 0 Å². The van der Waals surface area contributed by atoms with Crippen molar-refractivity contribution >= 4 is 0 Å². The summed E-state index contributed by atoms with van der Waals surface area (Å²) in [6, 6.07) is 1.92. The van der Waals surface area contributed by atoms with Crippen molar-refractivity contribution in [1.29, 1.82) is 0 Å². The molecule has 0 fully saturated rings. The Kier molecular flexibility index (Phi) is 2.48. The van der Waals surface area contributed by atoms with Crippen LogP contribution in [0, 0.1) is 12.8 Å². The number of aromatic nitrogens is 3. The highest BCUT2D eigenvalue weighted by Crippen LogP contribution is 2.29. The second kappa shape index (κ2) is 4.00. The predicted octanol–water partition coefficient (Wildman–Crippen LogP) is 1.47. The largest absolute Gasteiger partial charge is 0.440 e. The molecule has 5 heteroatoms. The Balaban J connectivity index is 1.92. The molecular formula is C12H15N3O2. The summed E-state index contributed by atoms with van der Waals surface area (Å²) in [5.74, 6) is 1.85. The number of hydrogen-bond donors (Lipinski definition) is 2. The van der Waals surface area contributed by atoms with Crippen molar-refractivity contribution in [2.45, 2.75) is 26.2 Å². The molecule has 17 heavy (non-hydrogen) atoms. The Hall–Kier alpha value is -1.62. The molecule has 5 nitrogen and oxygen atoms in total. The quantitative estimate of drug-likeness (QED) is 0.823. The molecule has 0 saturated heterocycles. The molecule has 2 aromatic heterocycles. The Morgan fingerprint density at radius 2 is 2.47 bits per heavy atom. The van der Waals surface area contributed by atoms with Gasteiger partial charge in [0.05, 0.1) is 5.69 Å². The maximum absolute atomic E-state index is 9.17. The molecule has 0 aromatic carbocycles. The van der Waals surface area contributed by atoms with Crippen LogP contribution in [0.4, 0.5) is 0 Å². The highest BCUT2D eigenvalue weighted by Gasteiger charge is 2.24. The average Bonchev–Trinajstić information content (AvgIpc) is 2.93. The first kappa shape index (κ1) is 10.5. The summed E-state index contributed by atoms with van der Waals surface area (Å²) in [5.41, 5.74) is 2.72. The normalized spacial score (nSPS) is 19.3. The highest BCUT2D eigenvalue weighted by molar-refractivity contribution is 5.48. The van der Waals surface area contributed by atoms with Crippen LogP contribution in [0.1, 0.15) is 23.6 Å². The van der Waals surface area contributed by atoms with E-state index in [1.807, 2.05) is 13.0 Å². The number of aliphatic hydroxyl groups excluding tert-OH is 1. The van der Waals surface area contributed by atoms with Crippen molar-refractivity contribution in [3.8, 4) is 11.6 Å². The van der Waals surface area contributed by atoms with Crippen LogP contribution in [0.25, 0.3) is 11.6 Å². The number of fused-ring (bicyclic) bond motifs is 1. The van der Waals surface area contributed by atoms with Gasteiger partial charge >= 0.3 is 0 Å². The van der Waals surface area contributed by atoms with E-state index in [2.05, 4.69) is 15.2 Å². The summed E-state index contributed by atoms with van der Waals surface area (Å²) in [4.78, 5) is 4.47. The van der Waals surface area contributed by atoms with Gasteiger partial charge in [0.25, 0.3) is 0 Å². The number of aryl methyl sites for hydroxylation is 2. The fourth-order valence-corrected chi connectivity index (χ4v) is 2.24. The van der Waals surface area contributed by atoms with Gasteiger partial charge in [0.15, 0.2) is 0 Å². The number of aromatic amines is 1. The first-order chi connectivity index (χ1) is 8.26. The Labute approximate surface area is 98.9 Å². The van der Waals surface area contributed by atoms with Crippen molar-refractivity contribution in [1.82, 2.24) is 15.2 Å². The van der Waals surface area contributed by atoms with Crippen LogP contribution in [-0.4, -0.2) is 26.9 Å². The molecule has 0 radical (unpaired) electrons. The third kappa shape index (κ3) is 1.86. The zero-order valence-corrected chi connectivity index (χ0v) is 9.73. The molecule has 0 aliphatic heterocycles. The lowest BCUT2D eigenvalue weighted by molar-refractivity contribution is 0.209. The predicted molar refractivity (Wildman–Crippen MR) is 61.4 cm³/mol. The minimum Gasteiger partial charge on any atom is -0.440 e. The van der Waals surface area contributed by atoms with Crippen LogP contribution < -0.4 is 0 Å². The molecule has 0 amide bonds. The monoisotopic (exact) mass is 233 g/mol. The van der Waals surface area contributed by atoms with Gasteiger partial charge < -0.3 is 9.52 Å². The lowest BCUT2D eigenvalue weighted by atomic mass is 9.91. The van der Waals surface area contributed by atoms with Gasteiger partial charge in [-0.3, -0.25) is 5.10 Å². The molecule has 2 aromatic rings. The third-order valence-electron chi connectivity index (χ3n) is 3.22. The van der Waals surface area contributed by atoms with Crippen LogP contribution in [0.3, 0.4) is 0 Å². The van der Waals surface area contributed by atoms with E-state index in [0.717, 1.165) is 42.1 Å². The van der Waals surface area contributed by atoms with Gasteiger partial charge in [-0.25, -0.2) is 4.98 Å². The number of aliphatic hydroxyl groups is 1. The molecule has 1 aliphatic rings. The number of nitrogens with one attached hydrogen (secondary N) is 1. The molecular weight excluding hydrogens is 218 g/mol. The van der Waals surface area contributed by atoms with Gasteiger partial charge in [0.2, 0.25) is 5.89 Å². The Morgan fingerprint density at radius 1 is 1.59 bits per heavy atom. The molecule has 1 aliphatic carbocycles. The van der Waals surface area contributed by atoms with Gasteiger partial charge in [0.1, 0.15) is 11.5 Å². The molecule has 0 saturated carbocycles. The fraction of sp³-hybridized carbons (Fsp3) is 0.500. The number of rotatable bonds is 2. The number of hydrogen-bond acceptors (Lipinski definition) is 4. The van der Waals surface area contributed by atoms with Crippen LogP contribution in [-0.2, 0) is 12.8 Å². The van der Waals surface area contributed by atoms with E-state index in [-0.39, 0.29) is 6.61 Å². The maximum atomic E-state index is 9.17. The first-order valence-electron chi connectivity index (χ1n) is 5.88. The second-order valence-corrected chi connectivity index (χ2v) is 4.62. The highest BCUT2D eigenvalue weighted by atomic mass is 16.4. The topological polar surface area (TPSA) is 74.9 Å². The Morgan fingerprint density at radius 3 is 3.18 bits per heavy atom. The molecule has 0 bridgehead atoms. The number of H-pyrrole nitrogens is 1. The van der Waals surface area contributed by atoms with Crippen molar-refractivity contribution in [3.63, 3.8) is 0 Å². The molecule has 3 rings (SSSR count). The third-order valence-corrected chi connectivity index (χ3v) is 3.22. The maximum Gasteiger partial charge on any atom is 0.247 e. The summed E-state index contributed by atoms with van der Waals surface area (Å²) >= 11 is 0. The molecule has 2 heterocycles. The molecule has 2 N–H and O–H groups in total. The molecule has 1 atom stereocenters. The fourth-order valence-electron chi connectivity index (χ4n) is 2.24. The standard InChI is InChI=1S/C12H15N3O2/c1-7-4-10(15-14-7)12-13-9-5-8(6-16)2-3-11(9)17-12/h4,8,16H,2-3,5-6H2,1H3,(H,14,15). The van der Waals surface area contributed by atoms with Gasteiger partial charge in [-0.1, -0.05) is 0 Å². The average molecular weight is 233 g/mol. The molecule has 0 spiro atoms. The van der Waals surface area contributed by atoms with E-state index in [1.165, 1.54) is 0 Å². The second-order valence-electron chi connectivity index (χ2n) is 4.62. The van der Waals surface area contributed by atoms with Gasteiger partial charge in [-0.15, -0.1) is 0 Å². The van der Waals surface area contributed by atoms with Crippen molar-refractivity contribution in [2.75, 3.05) is 6.61 Å². The molecule has 1 unspecified atom stereocenters. The van der Waals surface area contributed by atoms with E-state index in [1.54, 1.807) is 0 Å². The minimum absolute atomic E-state index is 0.225. The van der Waals surface area contributed by atoms with Crippen molar-refractivity contribution in [3.05, 3.63) is 23.2 Å². The van der Waals surface area contributed by atoms with Crippen molar-refractivity contribution in [2.24, 2.45) is 5.92 Å². The molecule has 90 valence electrons. The summed E-state index contributed by atoms with van der Waals surface area (Å²) in [7, 11) is 0. The number of nitrogens with zero attached hydrogens (tertiary/aromatic N) is 2. The lowest BCUT2D eigenvalue weighted by Crippen LogP contribution is -2.16. The zero-order chi connectivity index (χ0) is 11.8. The van der Waals surface area contributed by atoms with Crippen molar-refractivity contribution < 1.29 is 9.52 Å². The first-order valence-corrected chi connectivity index (χ1v) is 5.88. The van der Waals surface area contributed by atoms with E-state index < -0.39 is 0 Å². The van der Waals surface area contributed by atoms with Crippen LogP contribution in [0.15, 0.2) is 10.5 Å². The van der Waals surface area contributed by atoms with Gasteiger partial charge in [0, 0.05) is 18.7 Å². The van der Waals surface area contributed by atoms with Gasteiger partial charge in [-0.05, 0) is 31.7 Å². The summed E-state index contributed by atoms with van der Waals surface area (Å²) < 4.78 is 5.72. The van der Waals surface area contributed by atoms with E-state index >= 15 is 0 Å². The zero-order valence-electron chi connectivity index (χ0n) is 9.73. The Bertz CT molecular complexity index is 530. The SMILES string of the molecule is Cc1cc(-c2nc3c(o2)CCC(CO)C3)n[nH]1. The smallest absolute Gasteiger partial charge is 0.247 e. The van der Waals surface area contributed by atoms with E-state index in [0.29, 0.717) is 11.8 Å². The van der Waals surface area contributed by atoms with Crippen LogP contribution in [0.2, 0.25) is 0 Å². The number of oxazole rings is 1. The minimum atomic E-state index is 0.225. The lowest BCUT2D eigenvalue weighted by Gasteiger charge is -2.16.